The maximum atomic E-state index is 2.32. The zero-order valence-corrected chi connectivity index (χ0v) is 13.8. The third-order valence-corrected chi connectivity index (χ3v) is 6.48. The van der Waals surface area contributed by atoms with Gasteiger partial charge in [-0.25, -0.2) is 0 Å². The van der Waals surface area contributed by atoms with Gasteiger partial charge in [0.1, 0.15) is 0 Å². The molecule has 2 heteroatoms. The molecule has 0 heterocycles. The van der Waals surface area contributed by atoms with E-state index >= 15 is 0 Å². The van der Waals surface area contributed by atoms with Gasteiger partial charge < -0.3 is 0 Å². The van der Waals surface area contributed by atoms with Crippen LogP contribution in [-0.2, 0) is 6.16 Å². The smallest absolute Gasteiger partial charge is 0.196 e. The normalized spacial score (nSPS) is 17.3. The molecular weight excluding hydrogens is 230 g/mol. The molecule has 0 saturated heterocycles. The Labute approximate surface area is 127 Å². The summed E-state index contributed by atoms with van der Waals surface area (Å²) < 4.78 is 0. The van der Waals surface area contributed by atoms with Crippen LogP contribution in [0.15, 0.2) is 0 Å². The van der Waals surface area contributed by atoms with Crippen molar-refractivity contribution in [2.45, 2.75) is 71.6 Å². The summed E-state index contributed by atoms with van der Waals surface area (Å²) in [5, 5.41) is 0. The van der Waals surface area contributed by atoms with Gasteiger partial charge in [-0.2, -0.15) is 27.8 Å². The number of rotatable bonds is 3. The van der Waals surface area contributed by atoms with E-state index < -0.39 is 0 Å². The minimum absolute atomic E-state index is 0. The van der Waals surface area contributed by atoms with Crippen molar-refractivity contribution in [1.29, 1.82) is 0 Å². The van der Waals surface area contributed by atoms with Crippen LogP contribution in [-0.4, -0.2) is 5.66 Å². The Kier molecular flexibility index (Phi) is 6.61. The minimum atomic E-state index is 0. The first-order chi connectivity index (χ1) is 8.11. The Morgan fingerprint density at radius 3 is 2.17 bits per heavy atom. The Bertz CT molecular complexity index is 361. The molecule has 0 aliphatic heterocycles. The van der Waals surface area contributed by atoms with Gasteiger partial charge in [-0.05, 0) is 24.7 Å². The van der Waals surface area contributed by atoms with Crippen LogP contribution in [0.2, 0.25) is 0 Å². The molecule has 0 amide bonds. The molecule has 1 fully saturated rings. The van der Waals surface area contributed by atoms with Crippen LogP contribution in [0.3, 0.4) is 0 Å². The van der Waals surface area contributed by atoms with Gasteiger partial charge in [-0.1, -0.05) is 47.0 Å². The van der Waals surface area contributed by atoms with Gasteiger partial charge in [-0.3, -0.25) is 0 Å². The maximum absolute atomic E-state index is 2.32. The van der Waals surface area contributed by atoms with Gasteiger partial charge in [0, 0.05) is 0 Å². The molecule has 1 aliphatic rings. The van der Waals surface area contributed by atoms with E-state index in [0.29, 0.717) is 0 Å². The summed E-state index contributed by atoms with van der Waals surface area (Å²) >= 11 is 0. The van der Waals surface area contributed by atoms with Crippen molar-refractivity contribution in [2.24, 2.45) is 0 Å². The van der Waals surface area contributed by atoms with Crippen LogP contribution >= 0.6 is 8.58 Å². The molecule has 0 aromatic heterocycles. The first-order valence-electron chi connectivity index (χ1n) is 7.06. The second-order valence-corrected chi connectivity index (χ2v) is 7.27. The van der Waals surface area contributed by atoms with E-state index in [-0.39, 0.29) is 18.9 Å². The third kappa shape index (κ3) is 3.48. The Morgan fingerprint density at radius 2 is 1.67 bits per heavy atom. The molecular formula is C16H26LiP. The predicted octanol–water partition coefficient (Wildman–Crippen LogP) is 2.15. The summed E-state index contributed by atoms with van der Waals surface area (Å²) in [5.74, 6) is 0. The third-order valence-electron chi connectivity index (χ3n) is 4.77. The molecule has 1 unspecified atom stereocenters. The molecule has 1 saturated carbocycles. The second kappa shape index (κ2) is 7.24. The fourth-order valence-corrected chi connectivity index (χ4v) is 4.95. The molecule has 1 aromatic carbocycles. The minimum Gasteiger partial charge on any atom is -0.196 e. The average molecular weight is 256 g/mol. The van der Waals surface area contributed by atoms with E-state index in [1.54, 1.807) is 16.7 Å². The average Bonchev–Trinajstić information content (AvgIpc) is 2.54. The van der Waals surface area contributed by atoms with E-state index in [2.05, 4.69) is 27.7 Å². The van der Waals surface area contributed by atoms with Gasteiger partial charge in [0.05, 0.1) is 0 Å². The van der Waals surface area contributed by atoms with Gasteiger partial charge in [0.15, 0.2) is 0 Å². The molecule has 1 aromatic rings. The van der Waals surface area contributed by atoms with Crippen molar-refractivity contribution in [3.63, 3.8) is 0 Å². The van der Waals surface area contributed by atoms with E-state index in [1.807, 2.05) is 0 Å². The summed E-state index contributed by atoms with van der Waals surface area (Å²) in [7, 11) is 1.16. The molecule has 0 spiro atoms. The fraction of sp³-hybridized carbons (Fsp3) is 0.688. The summed E-state index contributed by atoms with van der Waals surface area (Å²) in [6.07, 6.45) is 8.78. The zero-order chi connectivity index (χ0) is 12.4. The van der Waals surface area contributed by atoms with Gasteiger partial charge in [-0.15, -0.1) is 8.58 Å². The zero-order valence-electron chi connectivity index (χ0n) is 12.8. The van der Waals surface area contributed by atoms with Gasteiger partial charge >= 0.3 is 18.9 Å². The van der Waals surface area contributed by atoms with E-state index in [0.717, 1.165) is 14.2 Å². The van der Waals surface area contributed by atoms with Crippen molar-refractivity contribution in [1.82, 2.24) is 0 Å². The van der Waals surface area contributed by atoms with Crippen LogP contribution in [0.1, 0.15) is 59.9 Å². The Hall–Kier alpha value is 0.377. The van der Waals surface area contributed by atoms with Crippen LogP contribution in [0.5, 0.6) is 0 Å². The summed E-state index contributed by atoms with van der Waals surface area (Å²) in [5.41, 5.74) is 8.92. The molecule has 0 radical (unpaired) electrons. The van der Waals surface area contributed by atoms with Gasteiger partial charge in [0.2, 0.25) is 0 Å². The van der Waals surface area contributed by atoms with Crippen LogP contribution in [0.25, 0.3) is 0 Å². The molecule has 0 N–H and O–H groups in total. The Balaban J connectivity index is 0.00000162. The van der Waals surface area contributed by atoms with Crippen LogP contribution in [0.4, 0.5) is 0 Å². The monoisotopic (exact) mass is 256 g/mol. The quantitative estimate of drug-likeness (QED) is 0.441. The number of hydrogen-bond donors (Lipinski definition) is 0. The van der Waals surface area contributed by atoms with E-state index in [1.165, 1.54) is 49.4 Å². The van der Waals surface area contributed by atoms with Crippen molar-refractivity contribution in [3.05, 3.63) is 27.8 Å². The van der Waals surface area contributed by atoms with Gasteiger partial charge in [0.25, 0.3) is 0 Å². The second-order valence-electron chi connectivity index (χ2n) is 5.69. The van der Waals surface area contributed by atoms with Crippen molar-refractivity contribution in [3.8, 4) is 0 Å². The maximum Gasteiger partial charge on any atom is 1.00 e. The molecule has 2 rings (SSSR count). The summed E-state index contributed by atoms with van der Waals surface area (Å²) in [6.45, 7) is 9.20. The fourth-order valence-electron chi connectivity index (χ4n) is 3.11. The molecule has 18 heavy (non-hydrogen) atoms. The molecule has 0 nitrogen and oxygen atoms in total. The van der Waals surface area contributed by atoms with Crippen LogP contribution < -0.4 is 18.9 Å². The first-order valence-corrected chi connectivity index (χ1v) is 8.35. The van der Waals surface area contributed by atoms with Crippen molar-refractivity contribution in [2.75, 3.05) is 0 Å². The predicted molar refractivity (Wildman–Crippen MR) is 79.9 cm³/mol. The molecule has 1 atom stereocenters. The van der Waals surface area contributed by atoms with Crippen molar-refractivity contribution < 1.29 is 18.9 Å². The molecule has 0 bridgehead atoms. The Morgan fingerprint density at radius 1 is 1.06 bits per heavy atom. The van der Waals surface area contributed by atoms with E-state index in [4.69, 9.17) is 0 Å². The van der Waals surface area contributed by atoms with E-state index in [9.17, 15) is 0 Å². The van der Waals surface area contributed by atoms with Crippen molar-refractivity contribution >= 4 is 8.58 Å². The SMILES string of the molecule is Cc1c(C)c(CPC2CCCCC2)[c-](C)c1C.[Li+]. The standard InChI is InChI=1S/C16H26P.Li/c1-11-12(2)14(4)16(13(11)3)10-17-15-8-6-5-7-9-15;/h15,17H,5-10H2,1-4H3;/q-1;+1. The van der Waals surface area contributed by atoms with Crippen LogP contribution in [0, 0.1) is 27.7 Å². The summed E-state index contributed by atoms with van der Waals surface area (Å²) in [6, 6.07) is 0. The molecule has 1 aliphatic carbocycles. The number of hydrogen-bond acceptors (Lipinski definition) is 0. The molecule has 96 valence electrons. The topological polar surface area (TPSA) is 0 Å². The first kappa shape index (κ1) is 16.4. The largest absolute Gasteiger partial charge is 1.00 e. The summed E-state index contributed by atoms with van der Waals surface area (Å²) in [4.78, 5) is 0.